The highest BCUT2D eigenvalue weighted by molar-refractivity contribution is 7.89. The molecule has 0 aromatic heterocycles. The summed E-state index contributed by atoms with van der Waals surface area (Å²) >= 11 is 0. The molecular weight excluding hydrogens is 288 g/mol. The number of sulfonamides is 1. The zero-order valence-electron chi connectivity index (χ0n) is 12.5. The van der Waals surface area contributed by atoms with Gasteiger partial charge in [-0.05, 0) is 31.0 Å². The maximum Gasteiger partial charge on any atom is 0.238 e. The summed E-state index contributed by atoms with van der Waals surface area (Å²) in [6.45, 7) is 0. The average Bonchev–Trinajstić information content (AvgIpc) is 2.40. The molecule has 118 valence electrons. The first-order valence-corrected chi connectivity index (χ1v) is 9.03. The van der Waals surface area contributed by atoms with Crippen LogP contribution in [0.5, 0.6) is 5.75 Å². The van der Waals surface area contributed by atoms with E-state index in [0.29, 0.717) is 17.5 Å². The molecule has 0 spiro atoms. The van der Waals surface area contributed by atoms with Crippen molar-refractivity contribution in [3.05, 3.63) is 18.2 Å². The van der Waals surface area contributed by atoms with Crippen LogP contribution in [0.2, 0.25) is 0 Å². The van der Waals surface area contributed by atoms with Gasteiger partial charge in [-0.3, -0.25) is 0 Å². The predicted molar refractivity (Wildman–Crippen MR) is 84.1 cm³/mol. The van der Waals surface area contributed by atoms with Gasteiger partial charge in [-0.25, -0.2) is 13.6 Å². The molecule has 0 amide bonds. The molecule has 1 aromatic rings. The molecule has 0 radical (unpaired) electrons. The Bertz CT molecular complexity index is 564. The van der Waals surface area contributed by atoms with E-state index < -0.39 is 10.0 Å². The minimum Gasteiger partial charge on any atom is -0.495 e. The Labute approximate surface area is 126 Å². The van der Waals surface area contributed by atoms with Crippen molar-refractivity contribution in [3.8, 4) is 5.75 Å². The Hall–Kier alpha value is -1.27. The molecule has 1 aromatic carbocycles. The SMILES string of the molecule is COc1ccc(S(N)(=O)=O)cc1NC1CCCCCCC1. The summed E-state index contributed by atoms with van der Waals surface area (Å²) in [7, 11) is -2.12. The summed E-state index contributed by atoms with van der Waals surface area (Å²) in [4.78, 5) is 0.108. The van der Waals surface area contributed by atoms with Crippen LogP contribution in [0.3, 0.4) is 0 Å². The number of hydrogen-bond acceptors (Lipinski definition) is 4. The lowest BCUT2D eigenvalue weighted by Crippen LogP contribution is -2.21. The normalized spacial score (nSPS) is 17.8. The van der Waals surface area contributed by atoms with Crippen LogP contribution in [0.4, 0.5) is 5.69 Å². The third-order valence-corrected chi connectivity index (χ3v) is 4.88. The molecule has 0 saturated heterocycles. The van der Waals surface area contributed by atoms with E-state index in [1.54, 1.807) is 19.2 Å². The second kappa shape index (κ2) is 7.13. The second-order valence-electron chi connectivity index (χ2n) is 5.59. The Balaban J connectivity index is 2.20. The van der Waals surface area contributed by atoms with E-state index in [0.717, 1.165) is 12.8 Å². The molecule has 21 heavy (non-hydrogen) atoms. The molecule has 1 aliphatic carbocycles. The monoisotopic (exact) mass is 312 g/mol. The van der Waals surface area contributed by atoms with Crippen LogP contribution >= 0.6 is 0 Å². The van der Waals surface area contributed by atoms with Crippen molar-refractivity contribution in [3.63, 3.8) is 0 Å². The van der Waals surface area contributed by atoms with Gasteiger partial charge in [-0.1, -0.05) is 32.1 Å². The van der Waals surface area contributed by atoms with Crippen molar-refractivity contribution in [2.75, 3.05) is 12.4 Å². The first-order valence-electron chi connectivity index (χ1n) is 7.48. The summed E-state index contributed by atoms with van der Waals surface area (Å²) in [6.07, 6.45) is 8.46. The summed E-state index contributed by atoms with van der Waals surface area (Å²) in [5, 5.41) is 8.64. The molecule has 3 N–H and O–H groups in total. The summed E-state index contributed by atoms with van der Waals surface area (Å²) in [5.41, 5.74) is 0.703. The maximum absolute atomic E-state index is 11.5. The lowest BCUT2D eigenvalue weighted by atomic mass is 9.96. The fraction of sp³-hybridized carbons (Fsp3) is 0.600. The Kier molecular flexibility index (Phi) is 5.47. The minimum absolute atomic E-state index is 0.108. The highest BCUT2D eigenvalue weighted by Crippen LogP contribution is 2.30. The van der Waals surface area contributed by atoms with Crippen molar-refractivity contribution in [1.82, 2.24) is 0 Å². The molecule has 6 heteroatoms. The van der Waals surface area contributed by atoms with E-state index in [2.05, 4.69) is 5.32 Å². The van der Waals surface area contributed by atoms with Crippen LogP contribution in [0, 0.1) is 0 Å². The average molecular weight is 312 g/mol. The topological polar surface area (TPSA) is 81.4 Å². The lowest BCUT2D eigenvalue weighted by Gasteiger charge is -2.23. The standard InChI is InChI=1S/C15H24N2O3S/c1-20-15-10-9-13(21(16,18)19)11-14(15)17-12-7-5-3-2-4-6-8-12/h9-12,17H,2-8H2,1H3,(H2,16,18,19). The molecule has 5 nitrogen and oxygen atoms in total. The largest absolute Gasteiger partial charge is 0.495 e. The van der Waals surface area contributed by atoms with Gasteiger partial charge >= 0.3 is 0 Å². The number of ether oxygens (including phenoxy) is 1. The third-order valence-electron chi connectivity index (χ3n) is 3.96. The number of nitrogens with one attached hydrogen (secondary N) is 1. The molecule has 0 heterocycles. The van der Waals surface area contributed by atoms with E-state index >= 15 is 0 Å². The Morgan fingerprint density at radius 3 is 2.33 bits per heavy atom. The van der Waals surface area contributed by atoms with Crippen LogP contribution in [0.1, 0.15) is 44.9 Å². The lowest BCUT2D eigenvalue weighted by molar-refractivity contribution is 0.413. The molecule has 1 aliphatic rings. The maximum atomic E-state index is 11.5. The van der Waals surface area contributed by atoms with Crippen molar-refractivity contribution in [2.45, 2.75) is 55.9 Å². The zero-order valence-corrected chi connectivity index (χ0v) is 13.3. The number of benzene rings is 1. The highest BCUT2D eigenvalue weighted by atomic mass is 32.2. The fourth-order valence-corrected chi connectivity index (χ4v) is 3.34. The van der Waals surface area contributed by atoms with Crippen LogP contribution in [-0.2, 0) is 10.0 Å². The van der Waals surface area contributed by atoms with Gasteiger partial charge in [0.15, 0.2) is 0 Å². The first-order chi connectivity index (χ1) is 10.0. The quantitative estimate of drug-likeness (QED) is 0.895. The second-order valence-corrected chi connectivity index (χ2v) is 7.15. The predicted octanol–water partition coefficient (Wildman–Crippen LogP) is 2.87. The molecule has 1 saturated carbocycles. The van der Waals surface area contributed by atoms with Gasteiger partial charge in [0.2, 0.25) is 10.0 Å². The number of rotatable bonds is 4. The summed E-state index contributed by atoms with van der Waals surface area (Å²) in [5.74, 6) is 0.643. The summed E-state index contributed by atoms with van der Waals surface area (Å²) < 4.78 is 28.3. The molecule has 0 atom stereocenters. The molecule has 2 rings (SSSR count). The van der Waals surface area contributed by atoms with Crippen molar-refractivity contribution < 1.29 is 13.2 Å². The van der Waals surface area contributed by atoms with Gasteiger partial charge in [0, 0.05) is 6.04 Å². The molecule has 1 fully saturated rings. The Morgan fingerprint density at radius 2 is 1.76 bits per heavy atom. The van der Waals surface area contributed by atoms with Crippen molar-refractivity contribution in [1.29, 1.82) is 0 Å². The van der Waals surface area contributed by atoms with Gasteiger partial charge in [0.25, 0.3) is 0 Å². The van der Waals surface area contributed by atoms with Crippen molar-refractivity contribution >= 4 is 15.7 Å². The summed E-state index contributed by atoms with van der Waals surface area (Å²) in [6, 6.07) is 5.03. The first kappa shape index (κ1) is 16.1. The number of nitrogens with two attached hydrogens (primary N) is 1. The Morgan fingerprint density at radius 1 is 1.14 bits per heavy atom. The van der Waals surface area contributed by atoms with E-state index in [-0.39, 0.29) is 4.90 Å². The zero-order chi connectivity index (χ0) is 15.3. The van der Waals surface area contributed by atoms with Crippen LogP contribution in [0.25, 0.3) is 0 Å². The molecule has 0 unspecified atom stereocenters. The third kappa shape index (κ3) is 4.61. The number of hydrogen-bond donors (Lipinski definition) is 2. The van der Waals surface area contributed by atoms with Gasteiger partial charge < -0.3 is 10.1 Å². The van der Waals surface area contributed by atoms with E-state index in [1.807, 2.05) is 0 Å². The highest BCUT2D eigenvalue weighted by Gasteiger charge is 2.16. The van der Waals surface area contributed by atoms with Crippen LogP contribution in [-0.4, -0.2) is 21.6 Å². The smallest absolute Gasteiger partial charge is 0.238 e. The molecule has 0 aliphatic heterocycles. The molecular formula is C15H24N2O3S. The van der Waals surface area contributed by atoms with Crippen LogP contribution in [0.15, 0.2) is 23.1 Å². The van der Waals surface area contributed by atoms with Gasteiger partial charge in [-0.2, -0.15) is 0 Å². The number of anilines is 1. The van der Waals surface area contributed by atoms with Crippen LogP contribution < -0.4 is 15.2 Å². The van der Waals surface area contributed by atoms with E-state index in [9.17, 15) is 8.42 Å². The van der Waals surface area contributed by atoms with E-state index in [4.69, 9.17) is 9.88 Å². The minimum atomic E-state index is -3.70. The number of primary sulfonamides is 1. The van der Waals surface area contributed by atoms with Gasteiger partial charge in [-0.15, -0.1) is 0 Å². The van der Waals surface area contributed by atoms with E-state index in [1.165, 1.54) is 38.2 Å². The fourth-order valence-electron chi connectivity index (χ4n) is 2.80. The van der Waals surface area contributed by atoms with Crippen molar-refractivity contribution in [2.24, 2.45) is 5.14 Å². The molecule has 0 bridgehead atoms. The number of methoxy groups -OCH3 is 1. The van der Waals surface area contributed by atoms with Gasteiger partial charge in [0.1, 0.15) is 5.75 Å². The van der Waals surface area contributed by atoms with Gasteiger partial charge in [0.05, 0.1) is 17.7 Å².